The largest absolute Gasteiger partial charge is 0.503 e. The molecule has 2 N–H and O–H groups in total. The predicted octanol–water partition coefficient (Wildman–Crippen LogP) is 5.58. The number of furan rings is 1. The molecule has 0 fully saturated rings. The van der Waals surface area contributed by atoms with Crippen molar-refractivity contribution in [2.24, 2.45) is 0 Å². The number of aliphatic hydroxyl groups excluding tert-OH is 1. The molecule has 0 saturated carbocycles. The Morgan fingerprint density at radius 1 is 1.00 bits per heavy atom. The molecule has 0 spiro atoms. The highest BCUT2D eigenvalue weighted by atomic mass is 35.5. The van der Waals surface area contributed by atoms with E-state index in [9.17, 15) is 24.6 Å². The predicted molar refractivity (Wildman–Crippen MR) is 141 cm³/mol. The highest BCUT2D eigenvalue weighted by molar-refractivity contribution is 6.31. The van der Waals surface area contributed by atoms with E-state index in [1.54, 1.807) is 48.5 Å². The van der Waals surface area contributed by atoms with E-state index in [4.69, 9.17) is 25.5 Å². The third kappa shape index (κ3) is 4.68. The summed E-state index contributed by atoms with van der Waals surface area (Å²) in [6.07, 6.45) is 0. The number of fused-ring (bicyclic) bond motifs is 1. The van der Waals surface area contributed by atoms with Gasteiger partial charge in [0.05, 0.1) is 31.4 Å². The lowest BCUT2D eigenvalue weighted by atomic mass is 9.94. The van der Waals surface area contributed by atoms with Crippen LogP contribution in [0.4, 0.5) is 0 Å². The van der Waals surface area contributed by atoms with Crippen LogP contribution in [-0.4, -0.2) is 47.0 Å². The van der Waals surface area contributed by atoms with Gasteiger partial charge < -0.3 is 29.0 Å². The number of hydrogen-bond donors (Lipinski definition) is 2. The van der Waals surface area contributed by atoms with Crippen molar-refractivity contribution in [1.29, 1.82) is 0 Å². The first-order chi connectivity index (χ1) is 18.7. The lowest BCUT2D eigenvalue weighted by Gasteiger charge is -2.27. The minimum Gasteiger partial charge on any atom is -0.503 e. The summed E-state index contributed by atoms with van der Waals surface area (Å²) in [5.41, 5.74) is 1.39. The summed E-state index contributed by atoms with van der Waals surface area (Å²) >= 11 is 6.16. The number of carbonyl (C=O) groups is 3. The number of rotatable bonds is 8. The molecule has 0 aliphatic carbocycles. The second-order valence-electron chi connectivity index (χ2n) is 8.84. The van der Waals surface area contributed by atoms with E-state index in [-0.39, 0.29) is 23.4 Å². The van der Waals surface area contributed by atoms with Crippen LogP contribution in [-0.2, 0) is 11.3 Å². The number of amides is 1. The topological polar surface area (TPSA) is 127 Å². The second kappa shape index (κ2) is 10.2. The number of halogens is 1. The Hall–Kier alpha value is -4.76. The number of carboxylic acids is 1. The fourth-order valence-corrected chi connectivity index (χ4v) is 4.83. The molecular formula is C29H22ClNO8. The molecule has 0 saturated heterocycles. The molecule has 39 heavy (non-hydrogen) atoms. The quantitative estimate of drug-likeness (QED) is 0.274. The number of Topliss-reactive ketones (excluding diaryl/α,β-unsaturated/α-hetero) is 1. The van der Waals surface area contributed by atoms with Crippen LogP contribution in [0.2, 0.25) is 5.02 Å². The SMILES string of the molecule is COc1ccc(C2C(C(=O)c3cc4cc(Cl)cc(OC)c4o3)=C(O)C(=O)N2Cc2ccc(C(=O)O)cc2)cc1. The Kier molecular flexibility index (Phi) is 6.76. The van der Waals surface area contributed by atoms with Gasteiger partial charge in [0.15, 0.2) is 22.9 Å². The van der Waals surface area contributed by atoms with Crippen molar-refractivity contribution in [1.82, 2.24) is 4.90 Å². The molecule has 9 nitrogen and oxygen atoms in total. The molecule has 3 aromatic carbocycles. The Balaban J connectivity index is 1.58. The van der Waals surface area contributed by atoms with E-state index in [0.29, 0.717) is 38.6 Å². The van der Waals surface area contributed by atoms with Crippen molar-refractivity contribution in [3.8, 4) is 11.5 Å². The molecule has 1 aromatic heterocycles. The van der Waals surface area contributed by atoms with E-state index >= 15 is 0 Å². The van der Waals surface area contributed by atoms with Gasteiger partial charge in [0.1, 0.15) is 5.75 Å². The molecule has 2 heterocycles. The van der Waals surface area contributed by atoms with Gasteiger partial charge in [-0.15, -0.1) is 0 Å². The monoisotopic (exact) mass is 547 g/mol. The lowest BCUT2D eigenvalue weighted by molar-refractivity contribution is -0.130. The van der Waals surface area contributed by atoms with Crippen LogP contribution in [0.3, 0.4) is 0 Å². The van der Waals surface area contributed by atoms with Gasteiger partial charge in [-0.05, 0) is 47.5 Å². The molecule has 0 bridgehead atoms. The van der Waals surface area contributed by atoms with Crippen LogP contribution in [0.1, 0.15) is 38.1 Å². The Bertz CT molecular complexity index is 1640. The molecule has 1 aliphatic heterocycles. The van der Waals surface area contributed by atoms with Crippen molar-refractivity contribution in [3.63, 3.8) is 0 Å². The van der Waals surface area contributed by atoms with E-state index in [1.807, 2.05) is 0 Å². The number of aliphatic hydroxyl groups is 1. The third-order valence-corrected chi connectivity index (χ3v) is 6.74. The minimum absolute atomic E-state index is 0.000169. The summed E-state index contributed by atoms with van der Waals surface area (Å²) in [5, 5.41) is 21.1. The molecule has 1 amide bonds. The average Bonchev–Trinajstić information content (AvgIpc) is 3.47. The Morgan fingerprint density at radius 3 is 2.31 bits per heavy atom. The summed E-state index contributed by atoms with van der Waals surface area (Å²) < 4.78 is 16.4. The number of aromatic carboxylic acids is 1. The maximum atomic E-state index is 13.8. The average molecular weight is 548 g/mol. The van der Waals surface area contributed by atoms with Crippen LogP contribution >= 0.6 is 11.6 Å². The van der Waals surface area contributed by atoms with Crippen LogP contribution in [0.5, 0.6) is 11.5 Å². The second-order valence-corrected chi connectivity index (χ2v) is 9.28. The number of hydrogen-bond acceptors (Lipinski definition) is 7. The van der Waals surface area contributed by atoms with Crippen molar-refractivity contribution in [3.05, 3.63) is 106 Å². The van der Waals surface area contributed by atoms with Crippen molar-refractivity contribution in [2.45, 2.75) is 12.6 Å². The fraction of sp³-hybridized carbons (Fsp3) is 0.138. The zero-order chi connectivity index (χ0) is 27.8. The van der Waals surface area contributed by atoms with Crippen molar-refractivity contribution >= 4 is 40.2 Å². The number of nitrogens with zero attached hydrogens (tertiary/aromatic N) is 1. The van der Waals surface area contributed by atoms with E-state index in [1.165, 1.54) is 37.3 Å². The summed E-state index contributed by atoms with van der Waals surface area (Å²) in [5.74, 6) is -2.42. The molecule has 5 rings (SSSR count). The lowest BCUT2D eigenvalue weighted by Crippen LogP contribution is -2.30. The van der Waals surface area contributed by atoms with Gasteiger partial charge in [-0.3, -0.25) is 9.59 Å². The number of ketones is 1. The van der Waals surface area contributed by atoms with Gasteiger partial charge in [0, 0.05) is 23.0 Å². The van der Waals surface area contributed by atoms with Gasteiger partial charge in [0.25, 0.3) is 5.91 Å². The molecule has 0 radical (unpaired) electrons. The smallest absolute Gasteiger partial charge is 0.335 e. The highest BCUT2D eigenvalue weighted by Crippen LogP contribution is 2.42. The summed E-state index contributed by atoms with van der Waals surface area (Å²) in [4.78, 5) is 39.8. The highest BCUT2D eigenvalue weighted by Gasteiger charge is 2.44. The van der Waals surface area contributed by atoms with Crippen LogP contribution in [0.15, 0.2) is 82.5 Å². The molecule has 4 aromatic rings. The standard InChI is InChI=1S/C29H22ClNO8/c1-37-20-9-7-16(8-10-20)24-23(25(32)21-12-18-11-19(30)13-22(38-2)27(18)39-21)26(33)28(34)31(24)14-15-3-5-17(6-4-15)29(35)36/h3-13,24,33H,14H2,1-2H3,(H,35,36). The Labute approximate surface area is 227 Å². The number of methoxy groups -OCH3 is 2. The van der Waals surface area contributed by atoms with Gasteiger partial charge in [0.2, 0.25) is 5.78 Å². The molecule has 198 valence electrons. The zero-order valence-corrected chi connectivity index (χ0v) is 21.6. The first kappa shape index (κ1) is 25.9. The fourth-order valence-electron chi connectivity index (χ4n) is 4.61. The molecule has 1 atom stereocenters. The minimum atomic E-state index is -1.08. The van der Waals surface area contributed by atoms with Crippen LogP contribution < -0.4 is 9.47 Å². The maximum Gasteiger partial charge on any atom is 0.335 e. The first-order valence-corrected chi connectivity index (χ1v) is 12.1. The summed E-state index contributed by atoms with van der Waals surface area (Å²) in [7, 11) is 2.96. The number of carboxylic acid groups (broad SMARTS) is 1. The van der Waals surface area contributed by atoms with Crippen LogP contribution in [0, 0.1) is 0 Å². The molecule has 1 aliphatic rings. The normalized spacial score (nSPS) is 15.2. The van der Waals surface area contributed by atoms with E-state index in [2.05, 4.69) is 0 Å². The summed E-state index contributed by atoms with van der Waals surface area (Å²) in [6.45, 7) is -0.000169. The van der Waals surface area contributed by atoms with Gasteiger partial charge in [-0.1, -0.05) is 35.9 Å². The first-order valence-electron chi connectivity index (χ1n) is 11.7. The molecule has 10 heteroatoms. The van der Waals surface area contributed by atoms with Crippen molar-refractivity contribution in [2.75, 3.05) is 14.2 Å². The number of ether oxygens (including phenoxy) is 2. The number of carbonyl (C=O) groups excluding carboxylic acids is 2. The van der Waals surface area contributed by atoms with E-state index in [0.717, 1.165) is 0 Å². The van der Waals surface area contributed by atoms with Gasteiger partial charge in [-0.25, -0.2) is 4.79 Å². The van der Waals surface area contributed by atoms with Crippen LogP contribution in [0.25, 0.3) is 11.0 Å². The maximum absolute atomic E-state index is 13.8. The molecule has 1 unspecified atom stereocenters. The zero-order valence-electron chi connectivity index (χ0n) is 20.8. The number of benzene rings is 3. The third-order valence-electron chi connectivity index (χ3n) is 6.52. The summed E-state index contributed by atoms with van der Waals surface area (Å²) in [6, 6.07) is 16.5. The van der Waals surface area contributed by atoms with Crippen molar-refractivity contribution < 1.29 is 38.5 Å². The molecular weight excluding hydrogens is 526 g/mol. The van der Waals surface area contributed by atoms with E-state index < -0.39 is 29.5 Å². The van der Waals surface area contributed by atoms with Gasteiger partial charge >= 0.3 is 5.97 Å². The Morgan fingerprint density at radius 2 is 1.69 bits per heavy atom. The van der Waals surface area contributed by atoms with Gasteiger partial charge in [-0.2, -0.15) is 0 Å².